The van der Waals surface area contributed by atoms with E-state index in [0.29, 0.717) is 12.6 Å². The second-order valence-corrected chi connectivity index (χ2v) is 7.82. The summed E-state index contributed by atoms with van der Waals surface area (Å²) in [7, 11) is 1.96. The zero-order valence-electron chi connectivity index (χ0n) is 15.3. The second-order valence-electron chi connectivity index (χ2n) is 6.89. The Hall–Kier alpha value is -2.18. The standard InChI is InChI=1S/C20H24N4OS/c1-15-17(20(25)24(22(15)2)16-8-4-3-5-9-16)14-23-12-7-6-10-18(23)19-21-11-13-26-19/h3-5,8-9,11,13,18H,6-7,10,12,14H2,1-2H3. The largest absolute Gasteiger partial charge is 0.289 e. The molecular weight excluding hydrogens is 344 g/mol. The Labute approximate surface area is 157 Å². The van der Waals surface area contributed by atoms with E-state index in [0.717, 1.165) is 29.9 Å². The number of rotatable bonds is 4. The Kier molecular flexibility index (Phi) is 4.78. The van der Waals surface area contributed by atoms with E-state index in [4.69, 9.17) is 0 Å². The van der Waals surface area contributed by atoms with Gasteiger partial charge in [-0.3, -0.25) is 14.4 Å². The van der Waals surface area contributed by atoms with Crippen molar-refractivity contribution in [2.75, 3.05) is 6.54 Å². The highest BCUT2D eigenvalue weighted by Crippen LogP contribution is 2.33. The Bertz CT molecular complexity index is 927. The van der Waals surface area contributed by atoms with Crippen LogP contribution >= 0.6 is 11.3 Å². The van der Waals surface area contributed by atoms with Gasteiger partial charge in [0.05, 0.1) is 17.3 Å². The summed E-state index contributed by atoms with van der Waals surface area (Å²) in [5.41, 5.74) is 2.91. The third-order valence-corrected chi connectivity index (χ3v) is 6.26. The number of hydrogen-bond acceptors (Lipinski definition) is 4. The quantitative estimate of drug-likeness (QED) is 0.706. The van der Waals surface area contributed by atoms with Gasteiger partial charge in [0.1, 0.15) is 5.01 Å². The van der Waals surface area contributed by atoms with Gasteiger partial charge in [-0.25, -0.2) is 9.67 Å². The molecule has 0 amide bonds. The monoisotopic (exact) mass is 368 g/mol. The van der Waals surface area contributed by atoms with E-state index in [1.165, 1.54) is 17.8 Å². The molecule has 0 radical (unpaired) electrons. The first-order valence-corrected chi connectivity index (χ1v) is 10.0. The lowest BCUT2D eigenvalue weighted by Crippen LogP contribution is -2.34. The molecule has 1 aromatic carbocycles. The number of piperidine rings is 1. The van der Waals surface area contributed by atoms with Crippen LogP contribution in [0.4, 0.5) is 0 Å². The SMILES string of the molecule is Cc1c(CN2CCCCC2c2nccs2)c(=O)n(-c2ccccc2)n1C. The minimum atomic E-state index is 0.0830. The average Bonchev–Trinajstić information content (AvgIpc) is 3.27. The van der Waals surface area contributed by atoms with Crippen LogP contribution in [0, 0.1) is 6.92 Å². The first kappa shape index (κ1) is 17.2. The molecule has 5 nitrogen and oxygen atoms in total. The smallest absolute Gasteiger partial charge is 0.276 e. The summed E-state index contributed by atoms with van der Waals surface area (Å²) in [5.74, 6) is 0. The molecule has 0 N–H and O–H groups in total. The van der Waals surface area contributed by atoms with Crippen LogP contribution in [0.1, 0.15) is 41.6 Å². The van der Waals surface area contributed by atoms with Gasteiger partial charge >= 0.3 is 0 Å². The molecule has 4 rings (SSSR count). The van der Waals surface area contributed by atoms with Crippen molar-refractivity contribution in [3.05, 3.63) is 68.5 Å². The van der Waals surface area contributed by atoms with Crippen LogP contribution in [0.15, 0.2) is 46.7 Å². The zero-order valence-corrected chi connectivity index (χ0v) is 16.1. The van der Waals surface area contributed by atoms with Crippen molar-refractivity contribution < 1.29 is 0 Å². The van der Waals surface area contributed by atoms with Crippen LogP contribution in [-0.4, -0.2) is 25.8 Å². The first-order chi connectivity index (χ1) is 12.7. The fourth-order valence-corrected chi connectivity index (χ4v) is 4.67. The number of para-hydroxylation sites is 1. The third-order valence-electron chi connectivity index (χ3n) is 5.38. The van der Waals surface area contributed by atoms with Crippen LogP contribution in [0.2, 0.25) is 0 Å². The number of nitrogens with zero attached hydrogens (tertiary/aromatic N) is 4. The molecule has 136 valence electrons. The van der Waals surface area contributed by atoms with E-state index in [-0.39, 0.29) is 5.56 Å². The van der Waals surface area contributed by atoms with E-state index in [1.54, 1.807) is 16.0 Å². The van der Waals surface area contributed by atoms with Crippen molar-refractivity contribution in [1.29, 1.82) is 0 Å². The van der Waals surface area contributed by atoms with E-state index in [1.807, 2.05) is 60.6 Å². The lowest BCUT2D eigenvalue weighted by molar-refractivity contribution is 0.139. The molecule has 2 aromatic heterocycles. The highest BCUT2D eigenvalue weighted by molar-refractivity contribution is 7.09. The van der Waals surface area contributed by atoms with Gasteiger partial charge in [0, 0.05) is 30.9 Å². The molecule has 6 heteroatoms. The van der Waals surface area contributed by atoms with Gasteiger partial charge in [0.25, 0.3) is 5.56 Å². The van der Waals surface area contributed by atoms with Gasteiger partial charge in [0.2, 0.25) is 0 Å². The van der Waals surface area contributed by atoms with Crippen LogP contribution in [0.25, 0.3) is 5.69 Å². The van der Waals surface area contributed by atoms with Crippen LogP contribution in [0.5, 0.6) is 0 Å². The molecule has 26 heavy (non-hydrogen) atoms. The molecule has 0 spiro atoms. The molecular formula is C20H24N4OS. The lowest BCUT2D eigenvalue weighted by atomic mass is 10.0. The maximum atomic E-state index is 13.2. The molecule has 3 aromatic rings. The molecule has 3 heterocycles. The van der Waals surface area contributed by atoms with Crippen molar-refractivity contribution >= 4 is 11.3 Å². The topological polar surface area (TPSA) is 43.1 Å². The number of aromatic nitrogens is 3. The maximum absolute atomic E-state index is 13.2. The Morgan fingerprint density at radius 2 is 2.04 bits per heavy atom. The minimum Gasteiger partial charge on any atom is -0.289 e. The molecule has 0 bridgehead atoms. The molecule has 1 atom stereocenters. The Balaban J connectivity index is 1.69. The van der Waals surface area contributed by atoms with Crippen LogP contribution in [0.3, 0.4) is 0 Å². The van der Waals surface area contributed by atoms with Crippen molar-refractivity contribution in [2.24, 2.45) is 7.05 Å². The van der Waals surface area contributed by atoms with Gasteiger partial charge in [-0.05, 0) is 38.4 Å². The fourth-order valence-electron chi connectivity index (χ4n) is 3.87. The Morgan fingerprint density at radius 1 is 1.23 bits per heavy atom. The van der Waals surface area contributed by atoms with Gasteiger partial charge in [0.15, 0.2) is 0 Å². The van der Waals surface area contributed by atoms with E-state index in [2.05, 4.69) is 9.88 Å². The second kappa shape index (κ2) is 7.21. The number of benzene rings is 1. The van der Waals surface area contributed by atoms with Crippen molar-refractivity contribution in [3.8, 4) is 5.69 Å². The van der Waals surface area contributed by atoms with Crippen molar-refractivity contribution in [3.63, 3.8) is 0 Å². The number of hydrogen-bond donors (Lipinski definition) is 0. The number of likely N-dealkylation sites (tertiary alicyclic amines) is 1. The van der Waals surface area contributed by atoms with Gasteiger partial charge in [-0.1, -0.05) is 24.6 Å². The molecule has 0 saturated carbocycles. The summed E-state index contributed by atoms with van der Waals surface area (Å²) < 4.78 is 3.74. The van der Waals surface area contributed by atoms with Crippen molar-refractivity contribution in [2.45, 2.75) is 38.8 Å². The van der Waals surface area contributed by atoms with Crippen LogP contribution in [-0.2, 0) is 13.6 Å². The molecule has 0 aliphatic carbocycles. The average molecular weight is 369 g/mol. The normalized spacial score (nSPS) is 18.3. The highest BCUT2D eigenvalue weighted by Gasteiger charge is 2.28. The molecule has 1 fully saturated rings. The summed E-state index contributed by atoms with van der Waals surface area (Å²) in [6.07, 6.45) is 5.40. The zero-order chi connectivity index (χ0) is 18.1. The van der Waals surface area contributed by atoms with E-state index < -0.39 is 0 Å². The van der Waals surface area contributed by atoms with Gasteiger partial charge in [-0.15, -0.1) is 11.3 Å². The predicted octanol–water partition coefficient (Wildman–Crippen LogP) is 3.67. The predicted molar refractivity (Wildman–Crippen MR) is 105 cm³/mol. The fraction of sp³-hybridized carbons (Fsp3) is 0.400. The first-order valence-electron chi connectivity index (χ1n) is 9.13. The molecule has 1 aliphatic heterocycles. The summed E-state index contributed by atoms with van der Waals surface area (Å²) >= 11 is 1.72. The molecule has 1 unspecified atom stereocenters. The van der Waals surface area contributed by atoms with Gasteiger partial charge in [-0.2, -0.15) is 0 Å². The summed E-state index contributed by atoms with van der Waals surface area (Å²) in [6.45, 7) is 3.74. The van der Waals surface area contributed by atoms with Gasteiger partial charge < -0.3 is 0 Å². The van der Waals surface area contributed by atoms with Crippen LogP contribution < -0.4 is 5.56 Å². The molecule has 1 aliphatic rings. The highest BCUT2D eigenvalue weighted by atomic mass is 32.1. The summed E-state index contributed by atoms with van der Waals surface area (Å²) in [5, 5.41) is 3.21. The summed E-state index contributed by atoms with van der Waals surface area (Å²) in [4.78, 5) is 20.1. The minimum absolute atomic E-state index is 0.0830. The van der Waals surface area contributed by atoms with Crippen molar-refractivity contribution in [1.82, 2.24) is 19.2 Å². The summed E-state index contributed by atoms with van der Waals surface area (Å²) in [6, 6.07) is 10.2. The maximum Gasteiger partial charge on any atom is 0.276 e. The van der Waals surface area contributed by atoms with E-state index in [9.17, 15) is 4.79 Å². The molecule has 1 saturated heterocycles. The Morgan fingerprint density at radius 3 is 2.77 bits per heavy atom. The lowest BCUT2D eigenvalue weighted by Gasteiger charge is -2.34. The third kappa shape index (κ3) is 3.04. The van der Waals surface area contributed by atoms with E-state index >= 15 is 0 Å². The number of thiazole rings is 1.